The number of carbonyl (C=O) groups excluding carboxylic acids is 7. The highest BCUT2D eigenvalue weighted by Crippen LogP contribution is 2.64. The summed E-state index contributed by atoms with van der Waals surface area (Å²) in [6, 6.07) is 22.8. The van der Waals surface area contributed by atoms with Gasteiger partial charge in [-0.2, -0.15) is 0 Å². The lowest BCUT2D eigenvalue weighted by Crippen LogP contribution is -2.82. The van der Waals surface area contributed by atoms with Crippen molar-refractivity contribution in [3.8, 4) is 0 Å². The van der Waals surface area contributed by atoms with Crippen molar-refractivity contribution in [2.75, 3.05) is 13.2 Å². The van der Waals surface area contributed by atoms with Gasteiger partial charge in [0.05, 0.1) is 36.0 Å². The van der Waals surface area contributed by atoms with Gasteiger partial charge < -0.3 is 54.8 Å². The zero-order valence-electron chi connectivity index (χ0n) is 39.5. The largest absolute Gasteiger partial charge is 0.483 e. The van der Waals surface area contributed by atoms with Crippen molar-refractivity contribution in [3.05, 3.63) is 119 Å². The number of hydrogen-bond donors (Lipinski definition) is 5. The van der Waals surface area contributed by atoms with Gasteiger partial charge in [0.15, 0.2) is 17.5 Å². The molecule has 1 saturated heterocycles. The second-order valence-corrected chi connectivity index (χ2v) is 18.5. The number of fused-ring (bicyclic) bond motifs is 5. The second-order valence-electron chi connectivity index (χ2n) is 18.5. The Labute approximate surface area is 403 Å². The molecule has 374 valence electrons. The molecule has 1 aliphatic heterocycles. The topological polar surface area (TPSA) is 291 Å². The standard InChI is InChI=1S/C50H56N2O15.CH2O2/c1-27-33(64-46(60)40(65-36(56)22-23-51)38(30-16-10-7-11-17-30)52-44(58)31-18-12-8-13-19-31)25-50(61)43(66-45(59)32-20-14-9-15-21-32)41-48(6,34(55)24-35-49(41,26-62-35)67-29(3)54)42(57)39(63-28(2)53)37(27)47(50,4)5;2-1-3/h7-21,33-35,38-41,43,55,61H,22-26,51H2,1-6H3,(H,52,58);1H,(H,2,3)/t33-,34-,35+,38-,39+,40+,41-,43-,48+,49-,50+;/m0./s1. The number of ether oxygens (including phenoxy) is 6. The summed E-state index contributed by atoms with van der Waals surface area (Å²) in [5.41, 5.74) is -1.62. The Morgan fingerprint density at radius 1 is 0.871 bits per heavy atom. The van der Waals surface area contributed by atoms with Crippen molar-refractivity contribution in [2.24, 2.45) is 22.5 Å². The first-order chi connectivity index (χ1) is 33.1. The number of benzene rings is 3. The molecule has 3 aromatic rings. The smallest absolute Gasteiger partial charge is 0.350 e. The fourth-order valence-corrected chi connectivity index (χ4v) is 10.6. The molecule has 19 nitrogen and oxygen atoms in total. The molecule has 70 heavy (non-hydrogen) atoms. The molecule has 19 heteroatoms. The molecule has 11 atom stereocenters. The van der Waals surface area contributed by atoms with Gasteiger partial charge in [-0.15, -0.1) is 0 Å². The highest BCUT2D eigenvalue weighted by atomic mass is 16.6. The van der Waals surface area contributed by atoms with Crippen LogP contribution in [0.2, 0.25) is 0 Å². The highest BCUT2D eigenvalue weighted by Gasteiger charge is 2.78. The lowest BCUT2D eigenvalue weighted by molar-refractivity contribution is -0.346. The molecule has 3 fully saturated rings. The normalized spacial score (nSPS) is 29.1. The maximum absolute atomic E-state index is 15.6. The van der Waals surface area contributed by atoms with E-state index in [4.69, 9.17) is 44.1 Å². The molecule has 0 radical (unpaired) electrons. The van der Waals surface area contributed by atoms with Crippen LogP contribution in [0.4, 0.5) is 0 Å². The number of carboxylic acid groups (broad SMARTS) is 1. The van der Waals surface area contributed by atoms with Crippen LogP contribution in [0.5, 0.6) is 0 Å². The summed E-state index contributed by atoms with van der Waals surface area (Å²) in [6.45, 7) is 7.49. The highest BCUT2D eigenvalue weighted by molar-refractivity contribution is 5.96. The zero-order chi connectivity index (χ0) is 51.3. The third kappa shape index (κ3) is 9.70. The lowest BCUT2D eigenvalue weighted by Gasteiger charge is -2.67. The van der Waals surface area contributed by atoms with Gasteiger partial charge in [-0.05, 0) is 54.8 Å². The first-order valence-corrected chi connectivity index (χ1v) is 22.6. The van der Waals surface area contributed by atoms with Crippen molar-refractivity contribution in [3.63, 3.8) is 0 Å². The van der Waals surface area contributed by atoms with E-state index < -0.39 is 119 Å². The minimum Gasteiger partial charge on any atom is -0.483 e. The van der Waals surface area contributed by atoms with E-state index in [1.165, 1.54) is 26.0 Å². The van der Waals surface area contributed by atoms with Crippen molar-refractivity contribution in [1.29, 1.82) is 0 Å². The number of aliphatic hydroxyl groups excluding tert-OH is 1. The molecular formula is C51H58N2O17. The van der Waals surface area contributed by atoms with E-state index >= 15 is 9.59 Å². The van der Waals surface area contributed by atoms with Gasteiger partial charge in [-0.3, -0.25) is 28.8 Å². The maximum Gasteiger partial charge on any atom is 0.350 e. The van der Waals surface area contributed by atoms with Crippen LogP contribution in [0.25, 0.3) is 0 Å². The van der Waals surface area contributed by atoms with Crippen LogP contribution in [-0.4, -0.2) is 124 Å². The average molecular weight is 971 g/mol. The number of nitrogens with one attached hydrogen (secondary N) is 1. The van der Waals surface area contributed by atoms with Gasteiger partial charge in [-0.1, -0.05) is 80.6 Å². The minimum atomic E-state index is -2.45. The van der Waals surface area contributed by atoms with E-state index in [-0.39, 0.29) is 54.7 Å². The number of ketones is 1. The summed E-state index contributed by atoms with van der Waals surface area (Å²) in [4.78, 5) is 107. The number of aliphatic hydroxyl groups is 2. The Bertz CT molecular complexity index is 2500. The number of amides is 1. The van der Waals surface area contributed by atoms with E-state index in [1.807, 2.05) is 0 Å². The molecular weight excluding hydrogens is 913 g/mol. The molecule has 2 bridgehead atoms. The Balaban J connectivity index is 0.00000261. The summed E-state index contributed by atoms with van der Waals surface area (Å²) >= 11 is 0. The van der Waals surface area contributed by atoms with Gasteiger partial charge in [0, 0.05) is 44.2 Å². The van der Waals surface area contributed by atoms with Gasteiger partial charge in [0.2, 0.25) is 6.10 Å². The van der Waals surface area contributed by atoms with Crippen molar-refractivity contribution in [2.45, 2.75) is 115 Å². The first kappa shape index (κ1) is 52.6. The summed E-state index contributed by atoms with van der Waals surface area (Å²) in [6.07, 6.45) is -11.0. The van der Waals surface area contributed by atoms with Crippen LogP contribution in [0.1, 0.15) is 93.1 Å². The van der Waals surface area contributed by atoms with Gasteiger partial charge >= 0.3 is 29.8 Å². The molecule has 0 unspecified atom stereocenters. The van der Waals surface area contributed by atoms with Crippen molar-refractivity contribution in [1.82, 2.24) is 5.32 Å². The Hall–Kier alpha value is -6.80. The SMILES string of the molecule is CC(=O)O[C@H]1C(=O)[C@@]2(C)[C@H]([C@H](OC(=O)c3ccccc3)[C@]3(O)C[C@H](OC(=O)[C@H](OC(=O)CCN)[C@@H](NC(=O)c4ccccc4)c4ccccc4)C(C)=C1C3(C)C)[C@]1(OC(C)=O)CO[C@@H]1C[C@@H]2O.O=CO. The second kappa shape index (κ2) is 21.1. The molecule has 3 aliphatic carbocycles. The van der Waals surface area contributed by atoms with E-state index in [0.717, 1.165) is 13.8 Å². The molecule has 0 aromatic heterocycles. The number of nitrogens with two attached hydrogens (primary N) is 1. The predicted molar refractivity (Wildman–Crippen MR) is 244 cm³/mol. The van der Waals surface area contributed by atoms with Gasteiger partial charge in [0.25, 0.3) is 12.4 Å². The molecule has 7 rings (SSSR count). The lowest BCUT2D eigenvalue weighted by atomic mass is 9.44. The number of hydrogen-bond acceptors (Lipinski definition) is 17. The molecule has 3 aromatic carbocycles. The van der Waals surface area contributed by atoms with Crippen LogP contribution in [0, 0.1) is 16.7 Å². The number of carbonyl (C=O) groups is 8. The molecule has 0 spiro atoms. The van der Waals surface area contributed by atoms with Crippen LogP contribution in [-0.2, 0) is 57.2 Å². The number of esters is 5. The molecule has 4 aliphatic rings. The van der Waals surface area contributed by atoms with E-state index in [1.54, 1.807) is 92.7 Å². The minimum absolute atomic E-state index is 0.0333. The number of rotatable bonds is 13. The summed E-state index contributed by atoms with van der Waals surface area (Å²) in [5, 5.41) is 35.7. The monoisotopic (exact) mass is 970 g/mol. The Morgan fingerprint density at radius 2 is 1.44 bits per heavy atom. The van der Waals surface area contributed by atoms with Crippen molar-refractivity contribution < 1.29 is 82.1 Å². The Morgan fingerprint density at radius 3 is 1.97 bits per heavy atom. The van der Waals surface area contributed by atoms with Gasteiger partial charge in [-0.25, -0.2) is 9.59 Å². The fourth-order valence-electron chi connectivity index (χ4n) is 10.6. The Kier molecular flexibility index (Phi) is 15.8. The fraction of sp³-hybridized carbons (Fsp3) is 0.451. The molecule has 1 amide bonds. The summed E-state index contributed by atoms with van der Waals surface area (Å²) in [5.74, 6) is -7.87. The zero-order valence-corrected chi connectivity index (χ0v) is 39.5. The van der Waals surface area contributed by atoms with Crippen LogP contribution < -0.4 is 11.1 Å². The molecule has 2 saturated carbocycles. The molecule has 1 heterocycles. The third-order valence-electron chi connectivity index (χ3n) is 14.1. The van der Waals surface area contributed by atoms with Crippen molar-refractivity contribution >= 4 is 48.0 Å². The predicted octanol–water partition coefficient (Wildman–Crippen LogP) is 3.34. The van der Waals surface area contributed by atoms with Gasteiger partial charge in [0.1, 0.15) is 30.0 Å². The third-order valence-corrected chi connectivity index (χ3v) is 14.1. The van der Waals surface area contributed by atoms with E-state index in [9.17, 15) is 34.2 Å². The van der Waals surface area contributed by atoms with Crippen LogP contribution >= 0.6 is 0 Å². The van der Waals surface area contributed by atoms with E-state index in [0.29, 0.717) is 5.56 Å². The number of Topliss-reactive ketones (excluding diaryl/α,β-unsaturated/α-hetero) is 1. The maximum atomic E-state index is 15.6. The van der Waals surface area contributed by atoms with E-state index in [2.05, 4.69) is 5.32 Å². The van der Waals surface area contributed by atoms with Crippen LogP contribution in [0.3, 0.4) is 0 Å². The molecule has 6 N–H and O–H groups in total. The first-order valence-electron chi connectivity index (χ1n) is 22.6. The summed E-state index contributed by atoms with van der Waals surface area (Å²) < 4.78 is 36.5. The quantitative estimate of drug-likeness (QED) is 0.0710. The van der Waals surface area contributed by atoms with Crippen LogP contribution in [0.15, 0.2) is 102 Å². The average Bonchev–Trinajstić information content (AvgIpc) is 3.32. The summed E-state index contributed by atoms with van der Waals surface area (Å²) in [7, 11) is 0.